The molecule has 0 amide bonds. The Balaban J connectivity index is 1.85. The molecule has 1 heterocycles. The topological polar surface area (TPSA) is 12.0 Å². The van der Waals surface area contributed by atoms with Crippen LogP contribution in [-0.2, 0) is 6.42 Å². The van der Waals surface area contributed by atoms with Crippen molar-refractivity contribution in [1.82, 2.24) is 5.32 Å². The van der Waals surface area contributed by atoms with Crippen molar-refractivity contribution in [3.05, 3.63) is 57.8 Å². The van der Waals surface area contributed by atoms with Crippen molar-refractivity contribution in [2.24, 2.45) is 0 Å². The highest BCUT2D eigenvalue weighted by Gasteiger charge is 2.06. The van der Waals surface area contributed by atoms with Crippen LogP contribution < -0.4 is 5.32 Å². The van der Waals surface area contributed by atoms with Gasteiger partial charge in [0.15, 0.2) is 0 Å². The van der Waals surface area contributed by atoms with Crippen LogP contribution in [0.4, 0.5) is 0 Å². The van der Waals surface area contributed by atoms with Crippen molar-refractivity contribution in [2.75, 3.05) is 6.54 Å². The van der Waals surface area contributed by atoms with Crippen molar-refractivity contribution in [3.8, 4) is 0 Å². The second kappa shape index (κ2) is 5.99. The van der Waals surface area contributed by atoms with Crippen molar-refractivity contribution < 1.29 is 0 Å². The van der Waals surface area contributed by atoms with Gasteiger partial charge in [-0.3, -0.25) is 0 Å². The molecule has 0 spiro atoms. The van der Waals surface area contributed by atoms with E-state index in [9.17, 15) is 0 Å². The zero-order valence-electron chi connectivity index (χ0n) is 10.4. The third-order valence-corrected chi connectivity index (χ3v) is 3.99. The summed E-state index contributed by atoms with van der Waals surface area (Å²) in [7, 11) is 0. The predicted octanol–water partition coefficient (Wildman–Crippen LogP) is 3.95. The van der Waals surface area contributed by atoms with Gasteiger partial charge in [-0.05, 0) is 42.8 Å². The SMILES string of the molecule is Cc1ccccc1C(C)NCCc1cccs1. The third kappa shape index (κ3) is 3.42. The molecule has 2 heteroatoms. The molecule has 1 N–H and O–H groups in total. The van der Waals surface area contributed by atoms with Gasteiger partial charge in [0.05, 0.1) is 0 Å². The van der Waals surface area contributed by atoms with Gasteiger partial charge < -0.3 is 5.32 Å². The van der Waals surface area contributed by atoms with Crippen molar-refractivity contribution in [1.29, 1.82) is 0 Å². The number of aryl methyl sites for hydroxylation is 1. The van der Waals surface area contributed by atoms with E-state index in [2.05, 4.69) is 60.9 Å². The maximum absolute atomic E-state index is 3.58. The summed E-state index contributed by atoms with van der Waals surface area (Å²) in [5.41, 5.74) is 2.77. The molecule has 0 fully saturated rings. The van der Waals surface area contributed by atoms with Crippen molar-refractivity contribution in [2.45, 2.75) is 26.3 Å². The minimum atomic E-state index is 0.427. The molecule has 1 unspecified atom stereocenters. The van der Waals surface area contributed by atoms with Crippen LogP contribution in [0, 0.1) is 6.92 Å². The molecule has 1 atom stereocenters. The molecule has 0 aliphatic heterocycles. The standard InChI is InChI=1S/C15H19NS/c1-12-6-3-4-8-15(12)13(2)16-10-9-14-7-5-11-17-14/h3-8,11,13,16H,9-10H2,1-2H3. The smallest absolute Gasteiger partial charge is 0.0294 e. The molecule has 17 heavy (non-hydrogen) atoms. The maximum Gasteiger partial charge on any atom is 0.0294 e. The van der Waals surface area contributed by atoms with E-state index in [1.54, 1.807) is 0 Å². The van der Waals surface area contributed by atoms with Crippen LogP contribution >= 0.6 is 11.3 Å². The second-order valence-corrected chi connectivity index (χ2v) is 5.39. The monoisotopic (exact) mass is 245 g/mol. The van der Waals surface area contributed by atoms with Gasteiger partial charge in [-0.25, -0.2) is 0 Å². The van der Waals surface area contributed by atoms with E-state index >= 15 is 0 Å². The molecule has 2 rings (SSSR count). The van der Waals surface area contributed by atoms with Gasteiger partial charge in [0.2, 0.25) is 0 Å². The molecule has 0 bridgehead atoms. The number of benzene rings is 1. The van der Waals surface area contributed by atoms with Crippen molar-refractivity contribution in [3.63, 3.8) is 0 Å². The van der Waals surface area contributed by atoms with Crippen LogP contribution in [0.15, 0.2) is 41.8 Å². The maximum atomic E-state index is 3.58. The molecule has 0 saturated heterocycles. The lowest BCUT2D eigenvalue weighted by Crippen LogP contribution is -2.21. The van der Waals surface area contributed by atoms with Crippen molar-refractivity contribution >= 4 is 11.3 Å². The van der Waals surface area contributed by atoms with Gasteiger partial charge in [-0.15, -0.1) is 11.3 Å². The van der Waals surface area contributed by atoms with Crippen LogP contribution in [-0.4, -0.2) is 6.54 Å². The Morgan fingerprint density at radius 1 is 1.18 bits per heavy atom. The van der Waals surface area contributed by atoms with Crippen LogP contribution in [0.2, 0.25) is 0 Å². The van der Waals surface area contributed by atoms with Gasteiger partial charge in [-0.2, -0.15) is 0 Å². The Morgan fingerprint density at radius 2 is 2.00 bits per heavy atom. The highest BCUT2D eigenvalue weighted by atomic mass is 32.1. The minimum absolute atomic E-state index is 0.427. The van der Waals surface area contributed by atoms with E-state index in [-0.39, 0.29) is 0 Å². The molecule has 1 aromatic heterocycles. The largest absolute Gasteiger partial charge is 0.310 e. The lowest BCUT2D eigenvalue weighted by atomic mass is 10.0. The Kier molecular flexibility index (Phi) is 4.35. The average molecular weight is 245 g/mol. The van der Waals surface area contributed by atoms with Crippen LogP contribution in [0.5, 0.6) is 0 Å². The minimum Gasteiger partial charge on any atom is -0.310 e. The molecule has 1 nitrogen and oxygen atoms in total. The molecule has 90 valence electrons. The van der Waals surface area contributed by atoms with E-state index in [0.29, 0.717) is 6.04 Å². The summed E-state index contributed by atoms with van der Waals surface area (Å²) < 4.78 is 0. The Bertz CT molecular complexity index is 448. The quantitative estimate of drug-likeness (QED) is 0.841. The Morgan fingerprint density at radius 3 is 2.71 bits per heavy atom. The van der Waals surface area contributed by atoms with Crippen LogP contribution in [0.25, 0.3) is 0 Å². The summed E-state index contributed by atoms with van der Waals surface area (Å²) >= 11 is 1.83. The van der Waals surface area contributed by atoms with E-state index in [1.165, 1.54) is 16.0 Å². The molecule has 1 aromatic carbocycles. The van der Waals surface area contributed by atoms with Gasteiger partial charge in [0.1, 0.15) is 0 Å². The molecule has 2 aromatic rings. The van der Waals surface area contributed by atoms with E-state index < -0.39 is 0 Å². The summed E-state index contributed by atoms with van der Waals surface area (Å²) in [5.74, 6) is 0. The number of hydrogen-bond acceptors (Lipinski definition) is 2. The fourth-order valence-corrected chi connectivity index (χ4v) is 2.76. The molecular formula is C15H19NS. The second-order valence-electron chi connectivity index (χ2n) is 4.36. The van der Waals surface area contributed by atoms with E-state index in [1.807, 2.05) is 11.3 Å². The fourth-order valence-electron chi connectivity index (χ4n) is 2.05. The summed E-state index contributed by atoms with van der Waals surface area (Å²) in [6, 6.07) is 13.3. The van der Waals surface area contributed by atoms with E-state index in [0.717, 1.165) is 13.0 Å². The highest BCUT2D eigenvalue weighted by Crippen LogP contribution is 2.16. The number of thiophene rings is 1. The normalized spacial score (nSPS) is 12.6. The fraction of sp³-hybridized carbons (Fsp3) is 0.333. The summed E-state index contributed by atoms with van der Waals surface area (Å²) in [5, 5.41) is 5.72. The van der Waals surface area contributed by atoms with Crippen LogP contribution in [0.3, 0.4) is 0 Å². The lowest BCUT2D eigenvalue weighted by molar-refractivity contribution is 0.576. The van der Waals surface area contributed by atoms with Gasteiger partial charge in [0, 0.05) is 17.5 Å². The number of rotatable bonds is 5. The first-order chi connectivity index (χ1) is 8.27. The first kappa shape index (κ1) is 12.3. The molecule has 0 aliphatic carbocycles. The number of nitrogens with one attached hydrogen (secondary N) is 1. The molecular weight excluding hydrogens is 226 g/mol. The Labute approximate surface area is 108 Å². The zero-order chi connectivity index (χ0) is 12.1. The lowest BCUT2D eigenvalue weighted by Gasteiger charge is -2.16. The Hall–Kier alpha value is -1.12. The molecule has 0 saturated carbocycles. The van der Waals surface area contributed by atoms with Gasteiger partial charge in [-0.1, -0.05) is 30.3 Å². The van der Waals surface area contributed by atoms with Gasteiger partial charge in [0.25, 0.3) is 0 Å². The number of hydrogen-bond donors (Lipinski definition) is 1. The molecule has 0 aliphatic rings. The van der Waals surface area contributed by atoms with E-state index in [4.69, 9.17) is 0 Å². The highest BCUT2D eigenvalue weighted by molar-refractivity contribution is 7.09. The summed E-state index contributed by atoms with van der Waals surface area (Å²) in [6.45, 7) is 5.44. The van der Waals surface area contributed by atoms with Gasteiger partial charge >= 0.3 is 0 Å². The van der Waals surface area contributed by atoms with Crippen LogP contribution in [0.1, 0.15) is 29.0 Å². The third-order valence-electron chi connectivity index (χ3n) is 3.06. The zero-order valence-corrected chi connectivity index (χ0v) is 11.3. The first-order valence-corrected chi connectivity index (χ1v) is 6.96. The average Bonchev–Trinajstić information content (AvgIpc) is 2.82. The first-order valence-electron chi connectivity index (χ1n) is 6.08. The summed E-state index contributed by atoms with van der Waals surface area (Å²) in [6.07, 6.45) is 1.12. The molecule has 0 radical (unpaired) electrons. The summed E-state index contributed by atoms with van der Waals surface area (Å²) in [4.78, 5) is 1.45. The predicted molar refractivity (Wildman–Crippen MR) is 75.6 cm³/mol.